The van der Waals surface area contributed by atoms with E-state index in [0.717, 1.165) is 19.3 Å². The minimum atomic E-state index is -0.314. The zero-order valence-electron chi connectivity index (χ0n) is 9.68. The minimum absolute atomic E-state index is 0.0535. The summed E-state index contributed by atoms with van der Waals surface area (Å²) in [4.78, 5) is 11.9. The van der Waals surface area contributed by atoms with Gasteiger partial charge in [0.1, 0.15) is 0 Å². The normalized spacial score (nSPS) is 19.5. The average molecular weight is 214 g/mol. The fourth-order valence-electron chi connectivity index (χ4n) is 1.69. The molecule has 0 unspecified atom stereocenters. The van der Waals surface area contributed by atoms with Crippen LogP contribution >= 0.6 is 0 Å². The van der Waals surface area contributed by atoms with Crippen molar-refractivity contribution in [2.75, 3.05) is 19.7 Å². The van der Waals surface area contributed by atoms with Crippen molar-refractivity contribution in [2.24, 2.45) is 16.6 Å². The molecular weight excluding hydrogens is 192 g/mol. The molecule has 1 saturated carbocycles. The first-order chi connectivity index (χ1) is 6.96. The lowest BCUT2D eigenvalue weighted by Gasteiger charge is -2.39. The highest BCUT2D eigenvalue weighted by Gasteiger charge is 2.42. The van der Waals surface area contributed by atoms with Crippen LogP contribution in [0.25, 0.3) is 0 Å². The summed E-state index contributed by atoms with van der Waals surface area (Å²) in [6, 6.07) is 0. The first-order valence-electron chi connectivity index (χ1n) is 5.55. The molecule has 0 aliphatic heterocycles. The van der Waals surface area contributed by atoms with Gasteiger partial charge in [-0.3, -0.25) is 4.79 Å². The molecule has 0 atom stereocenters. The summed E-state index contributed by atoms with van der Waals surface area (Å²) in [6.07, 6.45) is 2.89. The van der Waals surface area contributed by atoms with Crippen molar-refractivity contribution in [3.63, 3.8) is 0 Å². The molecule has 0 heterocycles. The quantitative estimate of drug-likeness (QED) is 0.614. The lowest BCUT2D eigenvalue weighted by Crippen LogP contribution is -2.52. The summed E-state index contributed by atoms with van der Waals surface area (Å²) in [5, 5.41) is 12.0. The molecule has 4 heteroatoms. The number of aliphatic hydroxyl groups is 1. The third-order valence-corrected chi connectivity index (χ3v) is 3.34. The predicted octanol–water partition coefficient (Wildman–Crippen LogP) is 0.250. The van der Waals surface area contributed by atoms with Crippen LogP contribution in [0.15, 0.2) is 0 Å². The van der Waals surface area contributed by atoms with E-state index in [1.165, 1.54) is 0 Å². The van der Waals surface area contributed by atoms with Gasteiger partial charge < -0.3 is 16.2 Å². The van der Waals surface area contributed by atoms with Crippen molar-refractivity contribution in [1.29, 1.82) is 0 Å². The van der Waals surface area contributed by atoms with Crippen LogP contribution in [-0.4, -0.2) is 30.7 Å². The topological polar surface area (TPSA) is 75.3 Å². The number of carbonyl (C=O) groups excluding carboxylic acids is 1. The summed E-state index contributed by atoms with van der Waals surface area (Å²) in [7, 11) is 0. The minimum Gasteiger partial charge on any atom is -0.396 e. The van der Waals surface area contributed by atoms with E-state index >= 15 is 0 Å². The fourth-order valence-corrected chi connectivity index (χ4v) is 1.69. The van der Waals surface area contributed by atoms with Gasteiger partial charge in [-0.25, -0.2) is 0 Å². The van der Waals surface area contributed by atoms with Crippen LogP contribution < -0.4 is 11.1 Å². The Hall–Kier alpha value is -0.610. The van der Waals surface area contributed by atoms with Gasteiger partial charge in [-0.2, -0.15) is 0 Å². The largest absolute Gasteiger partial charge is 0.396 e. The van der Waals surface area contributed by atoms with Crippen LogP contribution in [0, 0.1) is 10.8 Å². The summed E-state index contributed by atoms with van der Waals surface area (Å²) >= 11 is 0. The lowest BCUT2D eigenvalue weighted by atomic mass is 9.68. The van der Waals surface area contributed by atoms with Gasteiger partial charge in [0.2, 0.25) is 5.91 Å². The third kappa shape index (κ3) is 2.69. The molecule has 0 bridgehead atoms. The monoisotopic (exact) mass is 214 g/mol. The molecule has 0 aromatic rings. The van der Waals surface area contributed by atoms with Gasteiger partial charge in [-0.1, -0.05) is 20.3 Å². The second-order valence-electron chi connectivity index (χ2n) is 5.34. The van der Waals surface area contributed by atoms with Crippen molar-refractivity contribution >= 4 is 5.91 Å². The van der Waals surface area contributed by atoms with Gasteiger partial charge >= 0.3 is 0 Å². The summed E-state index contributed by atoms with van der Waals surface area (Å²) in [6.45, 7) is 4.84. The molecule has 1 fully saturated rings. The van der Waals surface area contributed by atoms with E-state index in [4.69, 9.17) is 10.8 Å². The molecule has 88 valence electrons. The van der Waals surface area contributed by atoms with E-state index < -0.39 is 0 Å². The molecule has 1 aliphatic carbocycles. The second kappa shape index (κ2) is 4.49. The number of amides is 1. The maximum absolute atomic E-state index is 11.9. The molecule has 0 spiro atoms. The van der Waals surface area contributed by atoms with Crippen molar-refractivity contribution in [1.82, 2.24) is 5.32 Å². The summed E-state index contributed by atoms with van der Waals surface area (Å²) in [5.74, 6) is 0.0535. The summed E-state index contributed by atoms with van der Waals surface area (Å²) in [5.41, 5.74) is 5.06. The number of nitrogens with two attached hydrogens (primary N) is 1. The standard InChI is InChI=1S/C11H22N2O2/c1-10(2,8-14)7-13-9(15)11(6-12)4-3-5-11/h14H,3-8,12H2,1-2H3,(H,13,15). The van der Waals surface area contributed by atoms with E-state index in [2.05, 4.69) is 5.32 Å². The molecule has 0 saturated heterocycles. The number of hydrogen-bond acceptors (Lipinski definition) is 3. The van der Waals surface area contributed by atoms with Crippen molar-refractivity contribution in [2.45, 2.75) is 33.1 Å². The van der Waals surface area contributed by atoms with Crippen LogP contribution in [-0.2, 0) is 4.79 Å². The lowest BCUT2D eigenvalue weighted by molar-refractivity contribution is -0.135. The van der Waals surface area contributed by atoms with Crippen LogP contribution in [0.5, 0.6) is 0 Å². The predicted molar refractivity (Wildman–Crippen MR) is 59.2 cm³/mol. The Bertz CT molecular complexity index is 229. The molecule has 1 amide bonds. The van der Waals surface area contributed by atoms with E-state index in [1.54, 1.807) is 0 Å². The molecule has 15 heavy (non-hydrogen) atoms. The van der Waals surface area contributed by atoms with Crippen LogP contribution in [0.2, 0.25) is 0 Å². The number of aliphatic hydroxyl groups excluding tert-OH is 1. The van der Waals surface area contributed by atoms with Gasteiger partial charge in [-0.15, -0.1) is 0 Å². The molecule has 0 aromatic carbocycles. The molecule has 4 nitrogen and oxygen atoms in total. The fraction of sp³-hybridized carbons (Fsp3) is 0.909. The Morgan fingerprint density at radius 3 is 2.47 bits per heavy atom. The van der Waals surface area contributed by atoms with Gasteiger partial charge in [0.15, 0.2) is 0 Å². The molecule has 1 aliphatic rings. The number of rotatable bonds is 5. The van der Waals surface area contributed by atoms with E-state index in [0.29, 0.717) is 13.1 Å². The molecule has 1 rings (SSSR count). The van der Waals surface area contributed by atoms with E-state index in [1.807, 2.05) is 13.8 Å². The van der Waals surface area contributed by atoms with Crippen LogP contribution in [0.1, 0.15) is 33.1 Å². The number of hydrogen-bond donors (Lipinski definition) is 3. The Kier molecular flexibility index (Phi) is 3.73. The molecule has 0 aromatic heterocycles. The Labute approximate surface area is 91.2 Å². The average Bonchev–Trinajstić information content (AvgIpc) is 2.14. The van der Waals surface area contributed by atoms with Gasteiger partial charge in [0.25, 0.3) is 0 Å². The van der Waals surface area contributed by atoms with Crippen LogP contribution in [0.3, 0.4) is 0 Å². The maximum Gasteiger partial charge on any atom is 0.227 e. The summed E-state index contributed by atoms with van der Waals surface area (Å²) < 4.78 is 0. The van der Waals surface area contributed by atoms with E-state index in [9.17, 15) is 4.79 Å². The van der Waals surface area contributed by atoms with Gasteiger partial charge in [0, 0.05) is 25.1 Å². The number of nitrogens with one attached hydrogen (secondary N) is 1. The zero-order chi connectivity index (χ0) is 11.5. The molecule has 0 radical (unpaired) electrons. The second-order valence-corrected chi connectivity index (χ2v) is 5.34. The van der Waals surface area contributed by atoms with Crippen LogP contribution in [0.4, 0.5) is 0 Å². The van der Waals surface area contributed by atoms with Crippen molar-refractivity contribution < 1.29 is 9.90 Å². The first kappa shape index (κ1) is 12.5. The first-order valence-corrected chi connectivity index (χ1v) is 5.55. The maximum atomic E-state index is 11.9. The zero-order valence-corrected chi connectivity index (χ0v) is 9.68. The van der Waals surface area contributed by atoms with Crippen molar-refractivity contribution in [3.05, 3.63) is 0 Å². The Balaban J connectivity index is 2.42. The SMILES string of the molecule is CC(C)(CO)CNC(=O)C1(CN)CCC1. The highest BCUT2D eigenvalue weighted by Crippen LogP contribution is 2.40. The van der Waals surface area contributed by atoms with Crippen molar-refractivity contribution in [3.8, 4) is 0 Å². The molecular formula is C11H22N2O2. The highest BCUT2D eigenvalue weighted by atomic mass is 16.3. The Morgan fingerprint density at radius 1 is 1.53 bits per heavy atom. The van der Waals surface area contributed by atoms with Gasteiger partial charge in [-0.05, 0) is 12.8 Å². The Morgan fingerprint density at radius 2 is 2.13 bits per heavy atom. The van der Waals surface area contributed by atoms with E-state index in [-0.39, 0.29) is 23.3 Å². The molecule has 4 N–H and O–H groups in total. The smallest absolute Gasteiger partial charge is 0.227 e. The third-order valence-electron chi connectivity index (χ3n) is 3.34. The highest BCUT2D eigenvalue weighted by molar-refractivity contribution is 5.83. The van der Waals surface area contributed by atoms with Gasteiger partial charge in [0.05, 0.1) is 5.41 Å². The number of carbonyl (C=O) groups is 1.